The number of rotatable bonds is 7. The highest BCUT2D eigenvalue weighted by molar-refractivity contribution is 6.05. The Kier molecular flexibility index (Phi) is 8.89. The van der Waals surface area contributed by atoms with Crippen molar-refractivity contribution in [2.45, 2.75) is 70.4 Å². The number of amides is 3. The van der Waals surface area contributed by atoms with Gasteiger partial charge in [-0.15, -0.1) is 0 Å². The van der Waals surface area contributed by atoms with Crippen molar-refractivity contribution in [1.82, 2.24) is 25.3 Å². The van der Waals surface area contributed by atoms with Crippen molar-refractivity contribution in [2.75, 3.05) is 55.6 Å². The van der Waals surface area contributed by atoms with Gasteiger partial charge in [0.15, 0.2) is 0 Å². The van der Waals surface area contributed by atoms with Crippen molar-refractivity contribution in [3.8, 4) is 6.07 Å². The smallest absolute Gasteiger partial charge is 0.255 e. The van der Waals surface area contributed by atoms with E-state index in [0.29, 0.717) is 35.3 Å². The minimum absolute atomic E-state index is 0.134. The summed E-state index contributed by atoms with van der Waals surface area (Å²) in [4.78, 5) is 46.4. The molecule has 0 radical (unpaired) electrons. The molecule has 2 N–H and O–H groups in total. The number of aromatic nitrogens is 2. The van der Waals surface area contributed by atoms with E-state index >= 15 is 4.39 Å². The number of benzene rings is 3. The summed E-state index contributed by atoms with van der Waals surface area (Å²) in [5, 5.41) is 20.0. The summed E-state index contributed by atoms with van der Waals surface area (Å²) >= 11 is 0. The van der Waals surface area contributed by atoms with E-state index in [4.69, 9.17) is 0 Å². The van der Waals surface area contributed by atoms with Gasteiger partial charge in [-0.25, -0.2) is 0 Å². The maximum absolute atomic E-state index is 15.0. The zero-order chi connectivity index (χ0) is 38.8. The number of piperazine rings is 1. The van der Waals surface area contributed by atoms with Crippen LogP contribution < -0.4 is 15.1 Å². The van der Waals surface area contributed by atoms with Gasteiger partial charge in [0.1, 0.15) is 6.04 Å². The molecule has 1 atom stereocenters. The molecular weight excluding hydrogens is 720 g/mol. The number of hydrogen-bond donors (Lipinski definition) is 2. The van der Waals surface area contributed by atoms with Crippen molar-refractivity contribution in [3.05, 3.63) is 93.9 Å². The Labute approximate surface area is 331 Å². The fourth-order valence-electron chi connectivity index (χ4n) is 10.3. The maximum Gasteiger partial charge on any atom is 0.255 e. The highest BCUT2D eigenvalue weighted by Crippen LogP contribution is 2.57. The Bertz CT molecular complexity index is 2360. The topological polar surface area (TPSA) is 129 Å². The standard InChI is InChI=1S/C45H47FN8O3/c46-42-41-34-2-1-3-36(45(27-47)16-17-45)40(35(34)10-11-37(41)49-50-42)29-4-6-31(7-5-29)52-18-14-28(15-19-52)25-51-20-22-53(23-21-51)32-8-9-33-30(24-32)26-54(44(33)57)38-12-13-39(55)48-43(38)56/h4-11,24,28,38H,1-3,12-23,25-26H2,(H,49,50)(H,48,55,56). The fourth-order valence-corrected chi connectivity index (χ4v) is 10.3. The fraction of sp³-hybridized carbons (Fsp3) is 0.444. The number of fused-ring (bicyclic) bond motifs is 4. The summed E-state index contributed by atoms with van der Waals surface area (Å²) in [6.07, 6.45) is 7.15. The maximum atomic E-state index is 15.0. The number of halogens is 1. The first kappa shape index (κ1) is 35.8. The van der Waals surface area contributed by atoms with E-state index in [2.05, 4.69) is 72.7 Å². The highest BCUT2D eigenvalue weighted by atomic mass is 19.1. The van der Waals surface area contributed by atoms with E-state index in [1.54, 1.807) is 4.90 Å². The number of anilines is 2. The average Bonchev–Trinajstić information content (AvgIpc) is 3.90. The van der Waals surface area contributed by atoms with Crippen LogP contribution in [0.4, 0.5) is 15.8 Å². The average molecular weight is 767 g/mol. The molecule has 0 bridgehead atoms. The molecule has 1 aromatic heterocycles. The largest absolute Gasteiger partial charge is 0.372 e. The third kappa shape index (κ3) is 6.36. The number of carbonyl (C=O) groups is 3. The number of allylic oxidation sites excluding steroid dienone is 1. The van der Waals surface area contributed by atoms with Crippen LogP contribution in [-0.4, -0.2) is 89.6 Å². The molecule has 1 saturated carbocycles. The van der Waals surface area contributed by atoms with Crippen LogP contribution in [0, 0.1) is 28.6 Å². The monoisotopic (exact) mass is 766 g/mol. The van der Waals surface area contributed by atoms with Gasteiger partial charge < -0.3 is 14.7 Å². The third-order valence-corrected chi connectivity index (χ3v) is 13.6. The van der Waals surface area contributed by atoms with Gasteiger partial charge in [0, 0.05) is 75.7 Å². The van der Waals surface area contributed by atoms with E-state index < -0.39 is 11.5 Å². The minimum Gasteiger partial charge on any atom is -0.372 e. The molecule has 2 aliphatic carbocycles. The molecule has 5 heterocycles. The lowest BCUT2D eigenvalue weighted by molar-refractivity contribution is -0.136. The van der Waals surface area contributed by atoms with Gasteiger partial charge in [-0.2, -0.15) is 14.8 Å². The number of imide groups is 1. The molecule has 3 amide bonds. The van der Waals surface area contributed by atoms with Crippen LogP contribution in [-0.2, 0) is 22.6 Å². The van der Waals surface area contributed by atoms with E-state index in [1.165, 1.54) is 11.3 Å². The number of carbonyl (C=O) groups excluding carboxylic acids is 3. The normalized spacial score (nSPS) is 22.7. The second-order valence-corrected chi connectivity index (χ2v) is 16.9. The van der Waals surface area contributed by atoms with Gasteiger partial charge in [-0.3, -0.25) is 29.7 Å². The highest BCUT2D eigenvalue weighted by Gasteiger charge is 2.48. The summed E-state index contributed by atoms with van der Waals surface area (Å²) in [7, 11) is 0. The Balaban J connectivity index is 0.760. The molecule has 4 aromatic rings. The van der Waals surface area contributed by atoms with Gasteiger partial charge in [0.05, 0.1) is 22.4 Å². The molecule has 11 nitrogen and oxygen atoms in total. The molecule has 4 aliphatic heterocycles. The van der Waals surface area contributed by atoms with Gasteiger partial charge in [-0.05, 0) is 127 Å². The van der Waals surface area contributed by atoms with Crippen LogP contribution in [0.5, 0.6) is 0 Å². The molecule has 1 unspecified atom stereocenters. The van der Waals surface area contributed by atoms with Crippen LogP contribution in [0.2, 0.25) is 0 Å². The van der Waals surface area contributed by atoms with E-state index in [1.807, 2.05) is 18.2 Å². The predicted molar refractivity (Wildman–Crippen MR) is 215 cm³/mol. The second kappa shape index (κ2) is 14.1. The van der Waals surface area contributed by atoms with Crippen LogP contribution in [0.15, 0.2) is 60.2 Å². The lowest BCUT2D eigenvalue weighted by Gasteiger charge is -2.40. The molecule has 12 heteroatoms. The predicted octanol–water partition coefficient (Wildman–Crippen LogP) is 5.94. The van der Waals surface area contributed by atoms with E-state index in [9.17, 15) is 19.6 Å². The van der Waals surface area contributed by atoms with Crippen LogP contribution >= 0.6 is 0 Å². The first-order chi connectivity index (χ1) is 27.8. The van der Waals surface area contributed by atoms with E-state index in [0.717, 1.165) is 124 Å². The SMILES string of the molecule is N#CC1(C2=C(c3ccc(N4CCC(CN5CCN(c6ccc7c(c6)CN(C6CCC(=O)NC6=O)C7=O)CC5)CC4)cc3)c3ccc4n[nH]c(F)c4c3CCC2)CC1. The lowest BCUT2D eigenvalue weighted by Crippen LogP contribution is -2.52. The first-order valence-corrected chi connectivity index (χ1v) is 20.7. The minimum atomic E-state index is -0.599. The zero-order valence-corrected chi connectivity index (χ0v) is 32.2. The number of hydrogen-bond acceptors (Lipinski definition) is 8. The molecule has 0 spiro atoms. The number of nitriles is 1. The van der Waals surface area contributed by atoms with Crippen molar-refractivity contribution < 1.29 is 18.8 Å². The number of aryl methyl sites for hydroxylation is 1. The number of nitrogens with one attached hydrogen (secondary N) is 2. The third-order valence-electron chi connectivity index (χ3n) is 13.6. The van der Waals surface area contributed by atoms with Crippen molar-refractivity contribution in [1.29, 1.82) is 5.26 Å². The second-order valence-electron chi connectivity index (χ2n) is 16.9. The molecule has 10 rings (SSSR count). The molecule has 292 valence electrons. The first-order valence-electron chi connectivity index (χ1n) is 20.7. The summed E-state index contributed by atoms with van der Waals surface area (Å²) in [5.41, 5.74) is 9.60. The zero-order valence-electron chi connectivity index (χ0n) is 32.2. The van der Waals surface area contributed by atoms with Gasteiger partial charge in [0.2, 0.25) is 17.8 Å². The van der Waals surface area contributed by atoms with Gasteiger partial charge >= 0.3 is 0 Å². The molecule has 6 aliphatic rings. The quantitative estimate of drug-likeness (QED) is 0.221. The summed E-state index contributed by atoms with van der Waals surface area (Å²) in [6.45, 7) is 7.36. The van der Waals surface area contributed by atoms with Gasteiger partial charge in [-0.1, -0.05) is 18.2 Å². The Morgan fingerprint density at radius 2 is 1.58 bits per heavy atom. The van der Waals surface area contributed by atoms with Crippen molar-refractivity contribution >= 4 is 45.6 Å². The summed E-state index contributed by atoms with van der Waals surface area (Å²) in [5.74, 6) is -0.530. The van der Waals surface area contributed by atoms with Crippen LogP contribution in [0.25, 0.3) is 16.5 Å². The van der Waals surface area contributed by atoms with E-state index in [-0.39, 0.29) is 30.1 Å². The Morgan fingerprint density at radius 3 is 2.32 bits per heavy atom. The molecule has 4 fully saturated rings. The Morgan fingerprint density at radius 1 is 0.842 bits per heavy atom. The summed E-state index contributed by atoms with van der Waals surface area (Å²) < 4.78 is 15.0. The number of H-pyrrole nitrogens is 1. The Hall–Kier alpha value is -5.54. The number of nitrogens with zero attached hydrogens (tertiary/aromatic N) is 6. The molecule has 57 heavy (non-hydrogen) atoms. The molecule has 3 aromatic carbocycles. The summed E-state index contributed by atoms with van der Waals surface area (Å²) in [6, 6.07) is 21.0. The number of aromatic amines is 1. The molecule has 3 saturated heterocycles. The molecular formula is C45H47FN8O3. The number of piperidine rings is 2. The van der Waals surface area contributed by atoms with Crippen LogP contribution in [0.3, 0.4) is 0 Å². The van der Waals surface area contributed by atoms with Crippen molar-refractivity contribution in [3.63, 3.8) is 0 Å². The van der Waals surface area contributed by atoms with Crippen LogP contribution in [0.1, 0.15) is 84.0 Å². The van der Waals surface area contributed by atoms with Crippen molar-refractivity contribution in [2.24, 2.45) is 11.3 Å². The van der Waals surface area contributed by atoms with Gasteiger partial charge in [0.25, 0.3) is 5.91 Å². The lowest BCUT2D eigenvalue weighted by atomic mass is 9.83.